The third-order valence-corrected chi connectivity index (χ3v) is 4.30. The minimum Gasteiger partial charge on any atom is -0.378 e. The highest BCUT2D eigenvalue weighted by molar-refractivity contribution is 4.93. The third kappa shape index (κ3) is 4.15. The van der Waals surface area contributed by atoms with E-state index in [0.717, 1.165) is 58.6 Å². The Bertz CT molecular complexity index is 265. The van der Waals surface area contributed by atoms with Crippen molar-refractivity contribution in [2.75, 3.05) is 39.5 Å². The molecule has 0 aliphatic carbocycles. The number of nitrogens with two attached hydrogens (primary N) is 1. The number of hydrogen-bond donors (Lipinski definition) is 1. The second-order valence-electron chi connectivity index (χ2n) is 6.51. The molecule has 2 N–H and O–H groups in total. The van der Waals surface area contributed by atoms with E-state index in [2.05, 4.69) is 18.7 Å². The Morgan fingerprint density at radius 3 is 2.84 bits per heavy atom. The average molecular weight is 270 g/mol. The molecule has 2 fully saturated rings. The van der Waals surface area contributed by atoms with Gasteiger partial charge in [0.25, 0.3) is 0 Å². The minimum atomic E-state index is 0.0147. The summed E-state index contributed by atoms with van der Waals surface area (Å²) in [6.07, 6.45) is 4.44. The zero-order chi connectivity index (χ0) is 13.7. The Morgan fingerprint density at radius 1 is 1.37 bits per heavy atom. The molecule has 2 atom stereocenters. The van der Waals surface area contributed by atoms with Crippen LogP contribution in [0.2, 0.25) is 0 Å². The second kappa shape index (κ2) is 7.02. The lowest BCUT2D eigenvalue weighted by molar-refractivity contribution is -0.107. The molecule has 0 aromatic rings. The van der Waals surface area contributed by atoms with Gasteiger partial charge in [-0.1, -0.05) is 13.8 Å². The van der Waals surface area contributed by atoms with Gasteiger partial charge >= 0.3 is 0 Å². The van der Waals surface area contributed by atoms with E-state index < -0.39 is 0 Å². The Labute approximate surface area is 117 Å². The fraction of sp³-hybridized carbons (Fsp3) is 1.00. The molecule has 4 heteroatoms. The van der Waals surface area contributed by atoms with E-state index in [1.807, 2.05) is 0 Å². The molecular weight excluding hydrogens is 240 g/mol. The van der Waals surface area contributed by atoms with Crippen molar-refractivity contribution in [3.63, 3.8) is 0 Å². The molecule has 2 aliphatic rings. The summed E-state index contributed by atoms with van der Waals surface area (Å²) in [5, 5.41) is 0. The van der Waals surface area contributed by atoms with Crippen LogP contribution in [0.4, 0.5) is 0 Å². The molecular formula is C15H30N2O2. The van der Waals surface area contributed by atoms with Crippen LogP contribution in [0.3, 0.4) is 0 Å². The Kier molecular flexibility index (Phi) is 5.63. The lowest BCUT2D eigenvalue weighted by Crippen LogP contribution is -2.50. The predicted molar refractivity (Wildman–Crippen MR) is 77.2 cm³/mol. The summed E-state index contributed by atoms with van der Waals surface area (Å²) in [7, 11) is 0. The van der Waals surface area contributed by atoms with Crippen LogP contribution in [0.1, 0.15) is 39.5 Å². The molecule has 1 spiro atoms. The summed E-state index contributed by atoms with van der Waals surface area (Å²) in [6.45, 7) is 10.2. The molecule has 2 aliphatic heterocycles. The van der Waals surface area contributed by atoms with E-state index in [1.165, 1.54) is 6.54 Å². The normalized spacial score (nSPS) is 31.7. The molecule has 2 rings (SSSR count). The van der Waals surface area contributed by atoms with Crippen molar-refractivity contribution < 1.29 is 9.47 Å². The highest BCUT2D eigenvalue weighted by Gasteiger charge is 2.42. The van der Waals surface area contributed by atoms with Crippen molar-refractivity contribution in [1.29, 1.82) is 0 Å². The fourth-order valence-electron chi connectivity index (χ4n) is 3.36. The summed E-state index contributed by atoms with van der Waals surface area (Å²) in [4.78, 5) is 2.64. The highest BCUT2D eigenvalue weighted by Crippen LogP contribution is 2.35. The van der Waals surface area contributed by atoms with Crippen LogP contribution in [0.15, 0.2) is 0 Å². The van der Waals surface area contributed by atoms with Crippen molar-refractivity contribution in [3.8, 4) is 0 Å². The van der Waals surface area contributed by atoms with Gasteiger partial charge in [-0.3, -0.25) is 4.90 Å². The largest absolute Gasteiger partial charge is 0.378 e. The Hall–Kier alpha value is -0.160. The number of hydrogen-bond acceptors (Lipinski definition) is 4. The summed E-state index contributed by atoms with van der Waals surface area (Å²) in [6, 6.07) is 0.643. The first-order valence-electron chi connectivity index (χ1n) is 7.81. The van der Waals surface area contributed by atoms with Crippen LogP contribution in [0.25, 0.3) is 0 Å². The molecule has 0 bridgehead atoms. The molecule has 2 heterocycles. The maximum absolute atomic E-state index is 6.04. The quantitative estimate of drug-likeness (QED) is 0.797. The van der Waals surface area contributed by atoms with Crippen LogP contribution in [-0.2, 0) is 9.47 Å². The first kappa shape index (κ1) is 15.2. The van der Waals surface area contributed by atoms with Crippen molar-refractivity contribution in [3.05, 3.63) is 0 Å². The smallest absolute Gasteiger partial charge is 0.0951 e. The van der Waals surface area contributed by atoms with Crippen molar-refractivity contribution in [2.45, 2.75) is 51.2 Å². The maximum atomic E-state index is 6.04. The number of ether oxygens (including phenoxy) is 2. The summed E-state index contributed by atoms with van der Waals surface area (Å²) < 4.78 is 11.6. The van der Waals surface area contributed by atoms with Gasteiger partial charge < -0.3 is 15.2 Å². The summed E-state index contributed by atoms with van der Waals surface area (Å²) >= 11 is 0. The van der Waals surface area contributed by atoms with Gasteiger partial charge in [0, 0.05) is 32.2 Å². The van der Waals surface area contributed by atoms with E-state index >= 15 is 0 Å². The van der Waals surface area contributed by atoms with Crippen LogP contribution in [0, 0.1) is 5.92 Å². The average Bonchev–Trinajstić information content (AvgIpc) is 2.82. The van der Waals surface area contributed by atoms with Gasteiger partial charge in [0.05, 0.1) is 12.2 Å². The predicted octanol–water partition coefficient (Wildman–Crippen LogP) is 1.63. The van der Waals surface area contributed by atoms with Crippen molar-refractivity contribution in [1.82, 2.24) is 4.90 Å². The molecule has 4 nitrogen and oxygen atoms in total. The van der Waals surface area contributed by atoms with Gasteiger partial charge in [0.1, 0.15) is 0 Å². The van der Waals surface area contributed by atoms with Gasteiger partial charge in [0.15, 0.2) is 0 Å². The summed E-state index contributed by atoms with van der Waals surface area (Å²) in [5.41, 5.74) is 5.70. The van der Waals surface area contributed by atoms with E-state index in [0.29, 0.717) is 12.0 Å². The van der Waals surface area contributed by atoms with Crippen molar-refractivity contribution >= 4 is 0 Å². The van der Waals surface area contributed by atoms with Crippen molar-refractivity contribution in [2.24, 2.45) is 11.7 Å². The topological polar surface area (TPSA) is 47.7 Å². The first-order valence-corrected chi connectivity index (χ1v) is 7.81. The zero-order valence-electron chi connectivity index (χ0n) is 12.6. The fourth-order valence-corrected chi connectivity index (χ4v) is 3.36. The monoisotopic (exact) mass is 270 g/mol. The lowest BCUT2D eigenvalue weighted by atomic mass is 9.88. The van der Waals surface area contributed by atoms with Gasteiger partial charge in [-0.2, -0.15) is 0 Å². The van der Waals surface area contributed by atoms with Crippen LogP contribution < -0.4 is 5.73 Å². The molecule has 0 amide bonds. The van der Waals surface area contributed by atoms with E-state index in [4.69, 9.17) is 15.2 Å². The van der Waals surface area contributed by atoms with Crippen LogP contribution in [0.5, 0.6) is 0 Å². The van der Waals surface area contributed by atoms with Crippen LogP contribution >= 0.6 is 0 Å². The molecule has 19 heavy (non-hydrogen) atoms. The molecule has 0 aromatic heterocycles. The van der Waals surface area contributed by atoms with E-state index in [1.54, 1.807) is 0 Å². The first-order chi connectivity index (χ1) is 9.15. The molecule has 2 unspecified atom stereocenters. The van der Waals surface area contributed by atoms with Crippen LogP contribution in [-0.4, -0.2) is 56.0 Å². The second-order valence-corrected chi connectivity index (χ2v) is 6.51. The molecule has 0 radical (unpaired) electrons. The summed E-state index contributed by atoms with van der Waals surface area (Å²) in [5.74, 6) is 0.705. The number of nitrogens with zero attached hydrogens (tertiary/aromatic N) is 1. The molecule has 112 valence electrons. The van der Waals surface area contributed by atoms with Gasteiger partial charge in [-0.15, -0.1) is 0 Å². The maximum Gasteiger partial charge on any atom is 0.0951 e. The van der Waals surface area contributed by atoms with Gasteiger partial charge in [-0.25, -0.2) is 0 Å². The highest BCUT2D eigenvalue weighted by atomic mass is 16.6. The standard InChI is InChI=1S/C15H30N2O2/c1-13(2)11-17(7-3-6-16)14-4-8-19-15(10-14)5-9-18-12-15/h13-14H,3-12,16H2,1-2H3. The molecule has 0 saturated carbocycles. The Morgan fingerprint density at radius 2 is 2.21 bits per heavy atom. The van der Waals surface area contributed by atoms with Gasteiger partial charge in [-0.05, 0) is 38.3 Å². The molecule has 2 saturated heterocycles. The Balaban J connectivity index is 1.94. The SMILES string of the molecule is CC(C)CN(CCCN)C1CCOC2(CCOC2)C1. The van der Waals surface area contributed by atoms with E-state index in [-0.39, 0.29) is 5.60 Å². The van der Waals surface area contributed by atoms with Gasteiger partial charge in [0.2, 0.25) is 0 Å². The lowest BCUT2D eigenvalue weighted by Gasteiger charge is -2.42. The number of rotatable bonds is 6. The van der Waals surface area contributed by atoms with E-state index in [9.17, 15) is 0 Å². The zero-order valence-corrected chi connectivity index (χ0v) is 12.6. The third-order valence-electron chi connectivity index (χ3n) is 4.30. The molecule has 0 aromatic carbocycles. The minimum absolute atomic E-state index is 0.0147.